The molecule has 0 unspecified atom stereocenters. The summed E-state index contributed by atoms with van der Waals surface area (Å²) in [5.74, 6) is 0.867. The molecule has 6 N–H and O–H groups in total. The second kappa shape index (κ2) is 13.2. The molecule has 4 amide bonds. The molecule has 2 aromatic rings. The van der Waals surface area contributed by atoms with Crippen LogP contribution in [-0.2, 0) is 0 Å². The predicted octanol–water partition coefficient (Wildman–Crippen LogP) is 6.40. The van der Waals surface area contributed by atoms with Crippen LogP contribution in [0.4, 0.5) is 41.9 Å². The molecule has 0 atom stereocenters. The van der Waals surface area contributed by atoms with Crippen LogP contribution in [-0.4, -0.2) is 74.5 Å². The number of likely N-dealkylation sites (tertiary alicyclic amines) is 1. The first-order valence-corrected chi connectivity index (χ1v) is 12.9. The van der Waals surface area contributed by atoms with Gasteiger partial charge in [-0.3, -0.25) is 25.3 Å². The van der Waals surface area contributed by atoms with Gasteiger partial charge in [-0.05, 0) is 102 Å². The summed E-state index contributed by atoms with van der Waals surface area (Å²) >= 11 is 0. The number of amides is 4. The Morgan fingerprint density at radius 2 is 1.05 bits per heavy atom. The SMILES string of the molecule is CC1CC(C)(C)N(C)C(C)(C)C1.O=C(O)Nc1ccc(N(CN(C(=O)O)c2ccc(NC(=O)O)cc2)C(=O)O)cc1. The normalized spacial score (nSPS) is 16.0. The topological polar surface area (TPSA) is 183 Å². The number of nitrogens with zero attached hydrogens (tertiary/aromatic N) is 3. The van der Waals surface area contributed by atoms with Gasteiger partial charge < -0.3 is 20.4 Å². The zero-order chi connectivity index (χ0) is 31.1. The Morgan fingerprint density at radius 3 is 1.32 bits per heavy atom. The fraction of sp³-hybridized carbons (Fsp3) is 0.429. The molecule has 0 radical (unpaired) electrons. The summed E-state index contributed by atoms with van der Waals surface area (Å²) in [6, 6.07) is 10.6. The van der Waals surface area contributed by atoms with Crippen molar-refractivity contribution in [2.75, 3.05) is 34.1 Å². The minimum atomic E-state index is -1.43. The lowest BCUT2D eigenvalue weighted by atomic mass is 9.75. The number of piperidine rings is 1. The average Bonchev–Trinajstić information content (AvgIpc) is 2.83. The van der Waals surface area contributed by atoms with Crippen molar-refractivity contribution >= 4 is 47.1 Å². The van der Waals surface area contributed by atoms with E-state index >= 15 is 0 Å². The van der Waals surface area contributed by atoms with Gasteiger partial charge in [-0.2, -0.15) is 0 Å². The number of rotatable bonds is 6. The molecule has 41 heavy (non-hydrogen) atoms. The van der Waals surface area contributed by atoms with E-state index in [-0.39, 0.29) is 22.7 Å². The molecule has 13 heteroatoms. The Kier molecular flexibility index (Phi) is 10.5. The number of benzene rings is 2. The molecule has 0 aliphatic carbocycles. The van der Waals surface area contributed by atoms with E-state index in [9.17, 15) is 29.4 Å². The van der Waals surface area contributed by atoms with E-state index in [1.165, 1.54) is 61.4 Å². The number of carbonyl (C=O) groups is 4. The van der Waals surface area contributed by atoms with Crippen LogP contribution >= 0.6 is 0 Å². The van der Waals surface area contributed by atoms with Crippen molar-refractivity contribution in [1.29, 1.82) is 0 Å². The van der Waals surface area contributed by atoms with Gasteiger partial charge in [-0.1, -0.05) is 6.92 Å². The van der Waals surface area contributed by atoms with Gasteiger partial charge in [0.2, 0.25) is 0 Å². The Bertz CT molecular complexity index is 1140. The van der Waals surface area contributed by atoms with Gasteiger partial charge in [-0.25, -0.2) is 19.2 Å². The molecule has 1 saturated heterocycles. The molecule has 0 saturated carbocycles. The molecule has 3 rings (SSSR count). The van der Waals surface area contributed by atoms with Crippen molar-refractivity contribution in [3.05, 3.63) is 48.5 Å². The van der Waals surface area contributed by atoms with Crippen LogP contribution in [0.25, 0.3) is 0 Å². The summed E-state index contributed by atoms with van der Waals surface area (Å²) in [5, 5.41) is 40.5. The highest BCUT2D eigenvalue weighted by Crippen LogP contribution is 2.39. The quantitative estimate of drug-likeness (QED) is 0.213. The molecule has 0 spiro atoms. The third-order valence-corrected chi connectivity index (χ3v) is 7.12. The highest BCUT2D eigenvalue weighted by Gasteiger charge is 2.41. The van der Waals surface area contributed by atoms with E-state index in [4.69, 9.17) is 10.2 Å². The van der Waals surface area contributed by atoms with Crippen molar-refractivity contribution < 1.29 is 39.6 Å². The van der Waals surface area contributed by atoms with E-state index in [1.807, 2.05) is 0 Å². The minimum absolute atomic E-state index is 0.115. The molecule has 2 aromatic carbocycles. The van der Waals surface area contributed by atoms with Crippen molar-refractivity contribution in [2.45, 2.75) is 58.5 Å². The van der Waals surface area contributed by atoms with Crippen LogP contribution in [0, 0.1) is 5.92 Å². The molecule has 224 valence electrons. The number of anilines is 4. The van der Waals surface area contributed by atoms with Crippen LogP contribution in [0.3, 0.4) is 0 Å². The molecule has 13 nitrogen and oxygen atoms in total. The first kappa shape index (κ1) is 32.7. The maximum absolute atomic E-state index is 11.6. The fourth-order valence-corrected chi connectivity index (χ4v) is 5.21. The number of hydrogen-bond donors (Lipinski definition) is 6. The summed E-state index contributed by atoms with van der Waals surface area (Å²) in [6.07, 6.45) is -2.78. The van der Waals surface area contributed by atoms with Gasteiger partial charge in [0.15, 0.2) is 0 Å². The maximum atomic E-state index is 11.6. The lowest BCUT2D eigenvalue weighted by molar-refractivity contribution is -0.0255. The largest absolute Gasteiger partial charge is 0.465 e. The van der Waals surface area contributed by atoms with Gasteiger partial charge in [0, 0.05) is 33.8 Å². The molecule has 1 aliphatic rings. The lowest BCUT2D eigenvalue weighted by Crippen LogP contribution is -2.58. The Labute approximate surface area is 239 Å². The fourth-order valence-electron chi connectivity index (χ4n) is 5.21. The summed E-state index contributed by atoms with van der Waals surface area (Å²) in [7, 11) is 2.26. The molecule has 1 aliphatic heterocycles. The summed E-state index contributed by atoms with van der Waals surface area (Å²) in [5.41, 5.74) is 1.40. The number of carboxylic acid groups (broad SMARTS) is 4. The summed E-state index contributed by atoms with van der Waals surface area (Å²) < 4.78 is 0. The first-order chi connectivity index (χ1) is 18.9. The van der Waals surface area contributed by atoms with Crippen LogP contribution in [0.15, 0.2) is 48.5 Å². The molecule has 1 fully saturated rings. The second-order valence-corrected chi connectivity index (χ2v) is 11.2. The maximum Gasteiger partial charge on any atom is 0.413 e. The third-order valence-electron chi connectivity index (χ3n) is 7.12. The van der Waals surface area contributed by atoms with Crippen molar-refractivity contribution in [2.24, 2.45) is 5.92 Å². The zero-order valence-corrected chi connectivity index (χ0v) is 24.1. The zero-order valence-electron chi connectivity index (χ0n) is 24.1. The van der Waals surface area contributed by atoms with Crippen molar-refractivity contribution in [3.63, 3.8) is 0 Å². The van der Waals surface area contributed by atoms with Gasteiger partial charge in [0.1, 0.15) is 6.67 Å². The monoisotopic (exact) mass is 573 g/mol. The molecule has 1 heterocycles. The van der Waals surface area contributed by atoms with Gasteiger partial charge in [0.25, 0.3) is 0 Å². The third kappa shape index (κ3) is 9.28. The van der Waals surface area contributed by atoms with E-state index in [0.717, 1.165) is 15.7 Å². The second-order valence-electron chi connectivity index (χ2n) is 11.2. The van der Waals surface area contributed by atoms with E-state index in [2.05, 4.69) is 57.2 Å². The van der Waals surface area contributed by atoms with Crippen LogP contribution < -0.4 is 20.4 Å². The average molecular weight is 574 g/mol. The molecular weight excluding hydrogens is 534 g/mol. The van der Waals surface area contributed by atoms with Crippen LogP contribution in [0.5, 0.6) is 0 Å². The number of hydrogen-bond acceptors (Lipinski definition) is 5. The summed E-state index contributed by atoms with van der Waals surface area (Å²) in [6.45, 7) is 11.2. The van der Waals surface area contributed by atoms with Gasteiger partial charge >= 0.3 is 24.4 Å². The highest BCUT2D eigenvalue weighted by molar-refractivity contribution is 5.92. The van der Waals surface area contributed by atoms with Crippen LogP contribution in [0.2, 0.25) is 0 Å². The van der Waals surface area contributed by atoms with Gasteiger partial charge in [0.05, 0.1) is 0 Å². The Balaban J connectivity index is 0.000000408. The number of nitrogens with one attached hydrogen (secondary N) is 2. The van der Waals surface area contributed by atoms with E-state index < -0.39 is 31.0 Å². The van der Waals surface area contributed by atoms with E-state index in [1.54, 1.807) is 0 Å². The Morgan fingerprint density at radius 1 is 0.732 bits per heavy atom. The first-order valence-electron chi connectivity index (χ1n) is 12.9. The smallest absolute Gasteiger partial charge is 0.413 e. The van der Waals surface area contributed by atoms with Crippen molar-refractivity contribution in [1.82, 2.24) is 4.90 Å². The predicted molar refractivity (Wildman–Crippen MR) is 156 cm³/mol. The highest BCUT2D eigenvalue weighted by atomic mass is 16.4. The molecular formula is C28H39N5O8. The molecule has 0 aromatic heterocycles. The van der Waals surface area contributed by atoms with E-state index in [0.29, 0.717) is 11.1 Å². The minimum Gasteiger partial charge on any atom is -0.465 e. The molecule has 0 bridgehead atoms. The summed E-state index contributed by atoms with van der Waals surface area (Å²) in [4.78, 5) is 48.6. The lowest BCUT2D eigenvalue weighted by Gasteiger charge is -2.53. The van der Waals surface area contributed by atoms with Crippen LogP contribution in [0.1, 0.15) is 47.5 Å². The Hall–Kier alpha value is -4.52. The van der Waals surface area contributed by atoms with Gasteiger partial charge in [-0.15, -0.1) is 0 Å². The van der Waals surface area contributed by atoms with Crippen molar-refractivity contribution in [3.8, 4) is 0 Å². The standard InChI is InChI=1S/C17H16N4O8.C11H23N/c22-14(23)18-10-1-5-12(6-2-10)20(16(26)27)9-21(17(28)29)13-7-3-11(4-8-13)19-15(24)25;1-9-7-10(2,3)12(6)11(4,5)8-9/h1-8,18-19H,9H2,(H,22,23)(H,24,25)(H,26,27)(H,28,29);9H,7-8H2,1-6H3.